The number of rotatable bonds is 4. The van der Waals surface area contributed by atoms with Gasteiger partial charge in [-0.05, 0) is 17.7 Å². The van der Waals surface area contributed by atoms with Crippen LogP contribution in [0.1, 0.15) is 16.1 Å². The molecule has 0 saturated carbocycles. The summed E-state index contributed by atoms with van der Waals surface area (Å²) >= 11 is 0. The molecule has 2 aromatic rings. The lowest BCUT2D eigenvalue weighted by molar-refractivity contribution is 0.0942. The maximum Gasteiger partial charge on any atom is 0.514 e. The molecule has 2 rings (SSSR count). The van der Waals surface area contributed by atoms with Crippen LogP contribution in [-0.4, -0.2) is 34.1 Å². The van der Waals surface area contributed by atoms with Crippen molar-refractivity contribution in [3.63, 3.8) is 0 Å². The minimum absolute atomic E-state index is 0.0640. The van der Waals surface area contributed by atoms with Gasteiger partial charge in [-0.25, -0.2) is 14.8 Å². The smallest absolute Gasteiger partial charge is 0.437 e. The maximum absolute atomic E-state index is 11.9. The number of hydrogen-bond acceptors (Lipinski definition) is 7. The number of pyridine rings is 1. The van der Waals surface area contributed by atoms with Crippen molar-refractivity contribution in [3.8, 4) is 5.88 Å². The fourth-order valence-corrected chi connectivity index (χ4v) is 1.42. The summed E-state index contributed by atoms with van der Waals surface area (Å²) in [5.41, 5.74) is 0.983. The van der Waals surface area contributed by atoms with Crippen LogP contribution in [0.15, 0.2) is 36.9 Å². The molecule has 0 aliphatic heterocycles. The van der Waals surface area contributed by atoms with Gasteiger partial charge >= 0.3 is 6.16 Å². The second-order valence-electron chi connectivity index (χ2n) is 3.84. The lowest BCUT2D eigenvalue weighted by Gasteiger charge is -2.05. The Hall–Kier alpha value is -3.03. The van der Waals surface area contributed by atoms with Crippen LogP contribution in [0.5, 0.6) is 5.88 Å². The van der Waals surface area contributed by atoms with Gasteiger partial charge in [-0.2, -0.15) is 0 Å². The minimum Gasteiger partial charge on any atom is -0.437 e. The number of ether oxygens (including phenoxy) is 2. The normalized spacial score (nSPS) is 9.76. The summed E-state index contributed by atoms with van der Waals surface area (Å²) in [6.07, 6.45) is 3.47. The van der Waals surface area contributed by atoms with E-state index in [9.17, 15) is 9.59 Å². The Morgan fingerprint density at radius 1 is 1.24 bits per heavy atom. The molecule has 108 valence electrons. The molecule has 1 amide bonds. The summed E-state index contributed by atoms with van der Waals surface area (Å²) in [6, 6.07) is 4.82. The van der Waals surface area contributed by atoms with E-state index < -0.39 is 12.1 Å². The third-order valence-corrected chi connectivity index (χ3v) is 2.43. The number of amides is 1. The number of aromatic nitrogens is 3. The average molecular weight is 288 g/mol. The van der Waals surface area contributed by atoms with Crippen molar-refractivity contribution in [3.05, 3.63) is 48.2 Å². The van der Waals surface area contributed by atoms with Crippen LogP contribution in [0.4, 0.5) is 4.79 Å². The number of carbonyl (C=O) groups excluding carboxylic acids is 2. The van der Waals surface area contributed by atoms with Crippen LogP contribution in [0.25, 0.3) is 0 Å². The van der Waals surface area contributed by atoms with Crippen molar-refractivity contribution >= 4 is 12.1 Å². The summed E-state index contributed by atoms with van der Waals surface area (Å²) in [5.74, 6) is -0.477. The summed E-state index contributed by atoms with van der Waals surface area (Å²) < 4.78 is 9.05. The van der Waals surface area contributed by atoms with E-state index in [1.165, 1.54) is 13.2 Å². The Balaban J connectivity index is 1.99. The highest BCUT2D eigenvalue weighted by molar-refractivity contribution is 5.92. The highest BCUT2D eigenvalue weighted by Gasteiger charge is 2.11. The Morgan fingerprint density at radius 2 is 2.00 bits per heavy atom. The number of carbonyl (C=O) groups is 2. The van der Waals surface area contributed by atoms with E-state index in [-0.39, 0.29) is 11.6 Å². The van der Waals surface area contributed by atoms with Crippen molar-refractivity contribution in [2.24, 2.45) is 0 Å². The van der Waals surface area contributed by atoms with Crippen molar-refractivity contribution in [1.29, 1.82) is 0 Å². The largest absolute Gasteiger partial charge is 0.514 e. The van der Waals surface area contributed by atoms with E-state index in [0.29, 0.717) is 6.54 Å². The molecular formula is C13H12N4O4. The summed E-state index contributed by atoms with van der Waals surface area (Å²) in [7, 11) is 1.17. The van der Waals surface area contributed by atoms with Gasteiger partial charge in [0.05, 0.1) is 7.11 Å². The minimum atomic E-state index is -0.920. The molecule has 21 heavy (non-hydrogen) atoms. The topological polar surface area (TPSA) is 103 Å². The van der Waals surface area contributed by atoms with Gasteiger partial charge in [-0.15, -0.1) is 0 Å². The fraction of sp³-hybridized carbons (Fsp3) is 0.154. The maximum atomic E-state index is 11.9. The fourth-order valence-electron chi connectivity index (χ4n) is 1.42. The molecule has 0 spiro atoms. The monoisotopic (exact) mass is 288 g/mol. The molecule has 8 nitrogen and oxygen atoms in total. The van der Waals surface area contributed by atoms with Crippen molar-refractivity contribution < 1.29 is 19.1 Å². The zero-order chi connectivity index (χ0) is 15.1. The van der Waals surface area contributed by atoms with E-state index in [1.54, 1.807) is 24.5 Å². The quantitative estimate of drug-likeness (QED) is 0.835. The summed E-state index contributed by atoms with van der Waals surface area (Å²) in [4.78, 5) is 34.3. The Kier molecular flexibility index (Phi) is 4.75. The highest BCUT2D eigenvalue weighted by atomic mass is 16.7. The summed E-state index contributed by atoms with van der Waals surface area (Å²) in [5, 5.41) is 2.68. The molecule has 0 radical (unpaired) electrons. The molecule has 0 bridgehead atoms. The molecule has 0 aliphatic rings. The van der Waals surface area contributed by atoms with Gasteiger partial charge in [0, 0.05) is 25.0 Å². The molecule has 0 aliphatic carbocycles. The first-order valence-electron chi connectivity index (χ1n) is 5.94. The van der Waals surface area contributed by atoms with Gasteiger partial charge in [0.1, 0.15) is 12.0 Å². The van der Waals surface area contributed by atoms with Gasteiger partial charge in [0.2, 0.25) is 5.88 Å². The van der Waals surface area contributed by atoms with E-state index in [2.05, 4.69) is 25.0 Å². The first kappa shape index (κ1) is 14.4. The Labute approximate surface area is 120 Å². The van der Waals surface area contributed by atoms with Crippen LogP contribution >= 0.6 is 0 Å². The molecule has 0 atom stereocenters. The second-order valence-corrected chi connectivity index (χ2v) is 3.84. The molecule has 0 unspecified atom stereocenters. The third-order valence-electron chi connectivity index (χ3n) is 2.43. The molecule has 1 N–H and O–H groups in total. The zero-order valence-corrected chi connectivity index (χ0v) is 11.1. The second kappa shape index (κ2) is 6.94. The number of nitrogens with zero attached hydrogens (tertiary/aromatic N) is 3. The van der Waals surface area contributed by atoms with E-state index in [1.807, 2.05) is 0 Å². The average Bonchev–Trinajstić information content (AvgIpc) is 2.53. The predicted molar refractivity (Wildman–Crippen MR) is 70.5 cm³/mol. The lowest BCUT2D eigenvalue weighted by Crippen LogP contribution is -2.24. The van der Waals surface area contributed by atoms with E-state index in [0.717, 1.165) is 11.9 Å². The first-order chi connectivity index (χ1) is 10.2. The van der Waals surface area contributed by atoms with Crippen LogP contribution < -0.4 is 10.1 Å². The van der Waals surface area contributed by atoms with E-state index in [4.69, 9.17) is 4.74 Å². The number of hydrogen-bond donors (Lipinski definition) is 1. The van der Waals surface area contributed by atoms with E-state index >= 15 is 0 Å². The molecule has 0 aromatic carbocycles. The van der Waals surface area contributed by atoms with Crippen molar-refractivity contribution in [2.45, 2.75) is 6.54 Å². The standard InChI is InChI=1S/C13H12N4O4/c1-20-13(19)21-11-6-10(16-8-17-11)12(18)15-7-9-2-4-14-5-3-9/h2-6,8H,7H2,1H3,(H,15,18). The number of methoxy groups -OCH3 is 1. The Morgan fingerprint density at radius 3 is 2.71 bits per heavy atom. The highest BCUT2D eigenvalue weighted by Crippen LogP contribution is 2.08. The van der Waals surface area contributed by atoms with Gasteiger partial charge in [0.25, 0.3) is 5.91 Å². The van der Waals surface area contributed by atoms with Crippen LogP contribution in [0.3, 0.4) is 0 Å². The predicted octanol–water partition coefficient (Wildman–Crippen LogP) is 0.947. The van der Waals surface area contributed by atoms with Crippen molar-refractivity contribution in [1.82, 2.24) is 20.3 Å². The van der Waals surface area contributed by atoms with Crippen LogP contribution in [-0.2, 0) is 11.3 Å². The zero-order valence-electron chi connectivity index (χ0n) is 11.1. The molecule has 0 saturated heterocycles. The number of nitrogens with one attached hydrogen (secondary N) is 1. The molecular weight excluding hydrogens is 276 g/mol. The first-order valence-corrected chi connectivity index (χ1v) is 5.94. The van der Waals surface area contributed by atoms with Gasteiger partial charge in [0.15, 0.2) is 0 Å². The molecule has 0 fully saturated rings. The Bertz CT molecular complexity index is 633. The van der Waals surface area contributed by atoms with Crippen LogP contribution in [0.2, 0.25) is 0 Å². The van der Waals surface area contributed by atoms with Gasteiger partial charge in [-0.3, -0.25) is 9.78 Å². The van der Waals surface area contributed by atoms with Crippen LogP contribution in [0, 0.1) is 0 Å². The molecule has 2 aromatic heterocycles. The lowest BCUT2D eigenvalue weighted by atomic mass is 10.2. The van der Waals surface area contributed by atoms with Gasteiger partial charge < -0.3 is 14.8 Å². The van der Waals surface area contributed by atoms with Crippen molar-refractivity contribution in [2.75, 3.05) is 7.11 Å². The summed E-state index contributed by atoms with van der Waals surface area (Å²) in [6.45, 7) is 0.332. The molecule has 8 heteroatoms. The molecule has 2 heterocycles. The third kappa shape index (κ3) is 4.23. The van der Waals surface area contributed by atoms with Gasteiger partial charge in [-0.1, -0.05) is 0 Å². The SMILES string of the molecule is COC(=O)Oc1cc(C(=O)NCc2ccncc2)ncn1.